The average Bonchev–Trinajstić information content (AvgIpc) is 1.87. The fourth-order valence-electron chi connectivity index (χ4n) is 0.713. The minimum Gasteiger partial charge on any atom is -0.389 e. The predicted octanol–water partition coefficient (Wildman–Crippen LogP) is 1.99. The first kappa shape index (κ1) is 10.4. The molecular formula is C9H17NO. The fraction of sp³-hybridized carbons (Fsp3) is 0.667. The number of rotatable bonds is 4. The molecule has 11 heavy (non-hydrogen) atoms. The highest BCUT2D eigenvalue weighted by Gasteiger charge is 2.04. The van der Waals surface area contributed by atoms with E-state index in [9.17, 15) is 5.11 Å². The minimum absolute atomic E-state index is 0.260. The monoisotopic (exact) mass is 155 g/mol. The first-order valence-corrected chi connectivity index (χ1v) is 3.92. The normalized spacial score (nSPS) is 15.2. The van der Waals surface area contributed by atoms with Crippen molar-refractivity contribution in [3.05, 3.63) is 11.6 Å². The number of hydrogen-bond donors (Lipinski definition) is 2. The van der Waals surface area contributed by atoms with Gasteiger partial charge in [0.1, 0.15) is 0 Å². The standard InChI is InChI=1S/C9H17NO/c1-7(2)9(11)6-8(3)4-5-10/h5-7,9-11H,4H2,1-3H3/b8-6-,10-5?. The van der Waals surface area contributed by atoms with Crippen molar-refractivity contribution in [2.45, 2.75) is 33.3 Å². The van der Waals surface area contributed by atoms with Gasteiger partial charge in [-0.05, 0) is 19.1 Å². The number of hydrogen-bond acceptors (Lipinski definition) is 2. The smallest absolute Gasteiger partial charge is 0.0746 e. The third kappa shape index (κ3) is 4.73. The van der Waals surface area contributed by atoms with Crippen molar-refractivity contribution in [2.75, 3.05) is 0 Å². The summed E-state index contributed by atoms with van der Waals surface area (Å²) in [6.07, 6.45) is 3.44. The Morgan fingerprint density at radius 3 is 2.45 bits per heavy atom. The Hall–Kier alpha value is -0.630. The summed E-state index contributed by atoms with van der Waals surface area (Å²) in [6.45, 7) is 5.87. The summed E-state index contributed by atoms with van der Waals surface area (Å²) in [4.78, 5) is 0. The minimum atomic E-state index is -0.366. The predicted molar refractivity (Wildman–Crippen MR) is 48.0 cm³/mol. The van der Waals surface area contributed by atoms with Crippen LogP contribution in [-0.4, -0.2) is 17.4 Å². The summed E-state index contributed by atoms with van der Waals surface area (Å²) < 4.78 is 0. The Balaban J connectivity index is 3.95. The molecule has 2 N–H and O–H groups in total. The topological polar surface area (TPSA) is 44.1 Å². The molecule has 0 aliphatic carbocycles. The molecule has 0 rings (SSSR count). The molecule has 0 aromatic heterocycles. The van der Waals surface area contributed by atoms with Crippen LogP contribution in [0.1, 0.15) is 27.2 Å². The largest absolute Gasteiger partial charge is 0.389 e. The highest BCUT2D eigenvalue weighted by atomic mass is 16.3. The molecule has 0 saturated carbocycles. The van der Waals surface area contributed by atoms with Gasteiger partial charge in [-0.1, -0.05) is 25.5 Å². The van der Waals surface area contributed by atoms with Crippen LogP contribution in [0.3, 0.4) is 0 Å². The molecule has 2 heteroatoms. The lowest BCUT2D eigenvalue weighted by Gasteiger charge is -2.10. The van der Waals surface area contributed by atoms with E-state index >= 15 is 0 Å². The first-order chi connectivity index (χ1) is 5.07. The van der Waals surface area contributed by atoms with Gasteiger partial charge < -0.3 is 10.5 Å². The molecule has 1 atom stereocenters. The second-order valence-corrected chi connectivity index (χ2v) is 3.16. The van der Waals surface area contributed by atoms with E-state index in [4.69, 9.17) is 5.41 Å². The van der Waals surface area contributed by atoms with Gasteiger partial charge in [0.25, 0.3) is 0 Å². The lowest BCUT2D eigenvalue weighted by Crippen LogP contribution is -2.11. The third-order valence-corrected chi connectivity index (χ3v) is 1.56. The van der Waals surface area contributed by atoms with E-state index in [2.05, 4.69) is 0 Å². The van der Waals surface area contributed by atoms with Gasteiger partial charge in [-0.2, -0.15) is 0 Å². The zero-order valence-electron chi connectivity index (χ0n) is 7.46. The Bertz CT molecular complexity index is 150. The lowest BCUT2D eigenvalue weighted by molar-refractivity contribution is 0.171. The van der Waals surface area contributed by atoms with Crippen molar-refractivity contribution < 1.29 is 5.11 Å². The molecule has 64 valence electrons. The molecule has 1 unspecified atom stereocenters. The maximum Gasteiger partial charge on any atom is 0.0746 e. The molecule has 0 fully saturated rings. The van der Waals surface area contributed by atoms with Crippen LogP contribution in [0.25, 0.3) is 0 Å². The molecule has 0 aliphatic rings. The van der Waals surface area contributed by atoms with Crippen LogP contribution in [0, 0.1) is 11.3 Å². The molecule has 0 heterocycles. The van der Waals surface area contributed by atoms with Gasteiger partial charge in [-0.3, -0.25) is 0 Å². The molecule has 0 radical (unpaired) electrons. The van der Waals surface area contributed by atoms with Crippen molar-refractivity contribution in [3.8, 4) is 0 Å². The van der Waals surface area contributed by atoms with Crippen LogP contribution in [0.15, 0.2) is 11.6 Å². The Morgan fingerprint density at radius 1 is 1.55 bits per heavy atom. The van der Waals surface area contributed by atoms with E-state index < -0.39 is 0 Å². The molecule has 0 saturated heterocycles. The van der Waals surface area contributed by atoms with Gasteiger partial charge in [0.05, 0.1) is 6.10 Å². The molecular weight excluding hydrogens is 138 g/mol. The second kappa shape index (κ2) is 5.08. The maximum absolute atomic E-state index is 9.37. The third-order valence-electron chi connectivity index (χ3n) is 1.56. The van der Waals surface area contributed by atoms with E-state index in [0.717, 1.165) is 5.57 Å². The number of aliphatic hydroxyl groups excluding tert-OH is 1. The van der Waals surface area contributed by atoms with Gasteiger partial charge in [-0.25, -0.2) is 0 Å². The maximum atomic E-state index is 9.37. The van der Waals surface area contributed by atoms with E-state index in [1.54, 1.807) is 0 Å². The highest BCUT2D eigenvalue weighted by molar-refractivity contribution is 5.57. The molecule has 0 spiro atoms. The number of allylic oxidation sites excluding steroid dienone is 1. The van der Waals surface area contributed by atoms with Crippen LogP contribution < -0.4 is 0 Å². The summed E-state index contributed by atoms with van der Waals surface area (Å²) in [5, 5.41) is 16.2. The Kier molecular flexibility index (Phi) is 4.79. The summed E-state index contributed by atoms with van der Waals surface area (Å²) in [5.74, 6) is 0.260. The van der Waals surface area contributed by atoms with Crippen molar-refractivity contribution in [3.63, 3.8) is 0 Å². The van der Waals surface area contributed by atoms with E-state index in [-0.39, 0.29) is 12.0 Å². The summed E-state index contributed by atoms with van der Waals surface area (Å²) in [6, 6.07) is 0. The summed E-state index contributed by atoms with van der Waals surface area (Å²) in [5.41, 5.74) is 1.06. The van der Waals surface area contributed by atoms with E-state index in [1.807, 2.05) is 26.8 Å². The fourth-order valence-corrected chi connectivity index (χ4v) is 0.713. The van der Waals surface area contributed by atoms with Crippen LogP contribution in [0.4, 0.5) is 0 Å². The quantitative estimate of drug-likeness (QED) is 0.473. The van der Waals surface area contributed by atoms with Gasteiger partial charge in [-0.15, -0.1) is 0 Å². The van der Waals surface area contributed by atoms with Crippen molar-refractivity contribution in [2.24, 2.45) is 5.92 Å². The van der Waals surface area contributed by atoms with Gasteiger partial charge in [0.2, 0.25) is 0 Å². The molecule has 0 aromatic rings. The lowest BCUT2D eigenvalue weighted by atomic mass is 10.0. The molecule has 0 aromatic carbocycles. The van der Waals surface area contributed by atoms with Crippen LogP contribution >= 0.6 is 0 Å². The van der Waals surface area contributed by atoms with E-state index in [1.165, 1.54) is 6.21 Å². The molecule has 0 bridgehead atoms. The van der Waals surface area contributed by atoms with Crippen molar-refractivity contribution in [1.29, 1.82) is 5.41 Å². The zero-order chi connectivity index (χ0) is 8.85. The summed E-state index contributed by atoms with van der Waals surface area (Å²) in [7, 11) is 0. The molecule has 0 aliphatic heterocycles. The molecule has 2 nitrogen and oxygen atoms in total. The number of nitrogens with one attached hydrogen (secondary N) is 1. The average molecular weight is 155 g/mol. The van der Waals surface area contributed by atoms with Gasteiger partial charge in [0.15, 0.2) is 0 Å². The van der Waals surface area contributed by atoms with Crippen molar-refractivity contribution in [1.82, 2.24) is 0 Å². The molecule has 0 amide bonds. The van der Waals surface area contributed by atoms with Gasteiger partial charge in [0, 0.05) is 6.42 Å². The Morgan fingerprint density at radius 2 is 2.09 bits per heavy atom. The SMILES string of the molecule is C/C(=C/C(O)C(C)C)CC=N. The zero-order valence-corrected chi connectivity index (χ0v) is 7.46. The second-order valence-electron chi connectivity index (χ2n) is 3.16. The van der Waals surface area contributed by atoms with E-state index in [0.29, 0.717) is 6.42 Å². The first-order valence-electron chi connectivity index (χ1n) is 3.92. The van der Waals surface area contributed by atoms with Crippen LogP contribution in [-0.2, 0) is 0 Å². The van der Waals surface area contributed by atoms with Crippen LogP contribution in [0.2, 0.25) is 0 Å². The van der Waals surface area contributed by atoms with Gasteiger partial charge >= 0.3 is 0 Å². The summed E-state index contributed by atoms with van der Waals surface area (Å²) >= 11 is 0. The number of aliphatic hydroxyl groups is 1. The van der Waals surface area contributed by atoms with Crippen LogP contribution in [0.5, 0.6) is 0 Å². The Labute approximate surface area is 68.4 Å². The highest BCUT2D eigenvalue weighted by Crippen LogP contribution is 2.06. The van der Waals surface area contributed by atoms with Crippen molar-refractivity contribution >= 4 is 6.21 Å².